The summed E-state index contributed by atoms with van der Waals surface area (Å²) in [6, 6.07) is 14.1. The maximum absolute atomic E-state index is 11.4. The van der Waals surface area contributed by atoms with E-state index < -0.39 is 5.97 Å². The van der Waals surface area contributed by atoms with E-state index in [0.29, 0.717) is 12.3 Å². The summed E-state index contributed by atoms with van der Waals surface area (Å²) in [5.74, 6) is 0.978. The standard InChI is InChI=1S/C16H17NO2S/c18-16(19)15-11-20-9-8-17(15)10-13-6-3-5-12-4-1-2-7-14(12)13/h1-7,15H,8-11H2,(H,18,19). The first-order valence-corrected chi connectivity index (χ1v) is 7.92. The predicted molar refractivity (Wildman–Crippen MR) is 83.1 cm³/mol. The third-order valence-corrected chi connectivity index (χ3v) is 4.80. The number of aliphatic carboxylic acids is 1. The molecule has 3 nitrogen and oxygen atoms in total. The van der Waals surface area contributed by atoms with Crippen LogP contribution in [0.2, 0.25) is 0 Å². The molecule has 1 saturated heterocycles. The van der Waals surface area contributed by atoms with E-state index in [1.54, 1.807) is 11.8 Å². The molecule has 0 saturated carbocycles. The largest absolute Gasteiger partial charge is 0.480 e. The molecule has 0 bridgehead atoms. The zero-order valence-corrected chi connectivity index (χ0v) is 12.0. The summed E-state index contributed by atoms with van der Waals surface area (Å²) in [4.78, 5) is 13.4. The summed E-state index contributed by atoms with van der Waals surface area (Å²) < 4.78 is 0. The number of hydrogen-bond donors (Lipinski definition) is 1. The van der Waals surface area contributed by atoms with Gasteiger partial charge in [0.2, 0.25) is 0 Å². The molecule has 4 heteroatoms. The lowest BCUT2D eigenvalue weighted by atomic mass is 10.0. The van der Waals surface area contributed by atoms with Gasteiger partial charge in [-0.2, -0.15) is 11.8 Å². The maximum atomic E-state index is 11.4. The topological polar surface area (TPSA) is 40.5 Å². The van der Waals surface area contributed by atoms with Crippen molar-refractivity contribution in [3.8, 4) is 0 Å². The molecule has 1 fully saturated rings. The van der Waals surface area contributed by atoms with Gasteiger partial charge in [0.05, 0.1) is 0 Å². The highest BCUT2D eigenvalue weighted by Crippen LogP contribution is 2.24. The van der Waals surface area contributed by atoms with Gasteiger partial charge < -0.3 is 5.11 Å². The van der Waals surface area contributed by atoms with Crippen LogP contribution in [-0.2, 0) is 11.3 Å². The van der Waals surface area contributed by atoms with Crippen molar-refractivity contribution >= 4 is 28.5 Å². The molecule has 0 spiro atoms. The van der Waals surface area contributed by atoms with Crippen molar-refractivity contribution in [1.29, 1.82) is 0 Å². The van der Waals surface area contributed by atoms with E-state index in [-0.39, 0.29) is 6.04 Å². The second-order valence-corrected chi connectivity index (χ2v) is 6.19. The Kier molecular flexibility index (Phi) is 3.94. The van der Waals surface area contributed by atoms with E-state index in [0.717, 1.165) is 12.3 Å². The Balaban J connectivity index is 1.90. The van der Waals surface area contributed by atoms with Crippen molar-refractivity contribution in [2.45, 2.75) is 12.6 Å². The van der Waals surface area contributed by atoms with Crippen molar-refractivity contribution in [1.82, 2.24) is 4.90 Å². The van der Waals surface area contributed by atoms with Crippen molar-refractivity contribution in [2.75, 3.05) is 18.1 Å². The second-order valence-electron chi connectivity index (χ2n) is 5.04. The van der Waals surface area contributed by atoms with Crippen LogP contribution in [0.4, 0.5) is 0 Å². The molecule has 1 heterocycles. The van der Waals surface area contributed by atoms with Crippen molar-refractivity contribution in [2.24, 2.45) is 0 Å². The monoisotopic (exact) mass is 287 g/mol. The highest BCUT2D eigenvalue weighted by molar-refractivity contribution is 7.99. The number of hydrogen-bond acceptors (Lipinski definition) is 3. The van der Waals surface area contributed by atoms with E-state index >= 15 is 0 Å². The highest BCUT2D eigenvalue weighted by Gasteiger charge is 2.28. The van der Waals surface area contributed by atoms with Crippen LogP contribution >= 0.6 is 11.8 Å². The number of carboxylic acid groups (broad SMARTS) is 1. The zero-order valence-electron chi connectivity index (χ0n) is 11.2. The summed E-state index contributed by atoms with van der Waals surface area (Å²) in [6.07, 6.45) is 0. The van der Waals surface area contributed by atoms with Gasteiger partial charge in [-0.05, 0) is 16.3 Å². The van der Waals surface area contributed by atoms with E-state index in [2.05, 4.69) is 29.2 Å². The molecule has 0 aromatic heterocycles. The number of carboxylic acids is 1. The predicted octanol–water partition coefficient (Wildman–Crippen LogP) is 2.84. The van der Waals surface area contributed by atoms with Gasteiger partial charge in [0.1, 0.15) is 6.04 Å². The molecule has 2 aromatic rings. The van der Waals surface area contributed by atoms with Crippen LogP contribution in [0.5, 0.6) is 0 Å². The molecule has 0 aliphatic carbocycles. The number of thioether (sulfide) groups is 1. The molecule has 104 valence electrons. The minimum absolute atomic E-state index is 0.368. The molecule has 0 amide bonds. The van der Waals surface area contributed by atoms with Gasteiger partial charge >= 0.3 is 5.97 Å². The number of carbonyl (C=O) groups is 1. The van der Waals surface area contributed by atoms with Gasteiger partial charge in [0.25, 0.3) is 0 Å². The Hall–Kier alpha value is -1.52. The Morgan fingerprint density at radius 1 is 1.25 bits per heavy atom. The summed E-state index contributed by atoms with van der Waals surface area (Å²) in [6.45, 7) is 1.55. The second kappa shape index (κ2) is 5.85. The quantitative estimate of drug-likeness (QED) is 0.942. The lowest BCUT2D eigenvalue weighted by molar-refractivity contribution is -0.142. The molecule has 3 rings (SSSR count). The third-order valence-electron chi connectivity index (χ3n) is 3.78. The van der Waals surface area contributed by atoms with Crippen molar-refractivity contribution < 1.29 is 9.90 Å². The van der Waals surface area contributed by atoms with Crippen LogP contribution in [0.1, 0.15) is 5.56 Å². The molecule has 1 aliphatic rings. The molecule has 1 unspecified atom stereocenters. The number of rotatable bonds is 3. The first kappa shape index (κ1) is 13.5. The summed E-state index contributed by atoms with van der Waals surface area (Å²) in [7, 11) is 0. The van der Waals surface area contributed by atoms with Gasteiger partial charge in [-0.3, -0.25) is 9.69 Å². The fraction of sp³-hybridized carbons (Fsp3) is 0.312. The average molecular weight is 287 g/mol. The van der Waals surface area contributed by atoms with Crippen LogP contribution < -0.4 is 0 Å². The van der Waals surface area contributed by atoms with Crippen LogP contribution in [0.25, 0.3) is 10.8 Å². The van der Waals surface area contributed by atoms with Gasteiger partial charge in [0.15, 0.2) is 0 Å². The van der Waals surface area contributed by atoms with E-state index in [9.17, 15) is 9.90 Å². The normalized spacial score (nSPS) is 20.1. The highest BCUT2D eigenvalue weighted by atomic mass is 32.2. The average Bonchev–Trinajstić information content (AvgIpc) is 2.48. The molecule has 0 radical (unpaired) electrons. The Labute approximate surface area is 122 Å². The number of benzene rings is 2. The third kappa shape index (κ3) is 2.67. The van der Waals surface area contributed by atoms with Gasteiger partial charge in [-0.25, -0.2) is 0 Å². The smallest absolute Gasteiger partial charge is 0.321 e. The van der Waals surface area contributed by atoms with E-state index in [1.165, 1.54) is 16.3 Å². The van der Waals surface area contributed by atoms with E-state index in [4.69, 9.17) is 0 Å². The first-order valence-electron chi connectivity index (χ1n) is 6.77. The summed E-state index contributed by atoms with van der Waals surface area (Å²) >= 11 is 1.73. The Morgan fingerprint density at radius 3 is 2.90 bits per heavy atom. The molecule has 1 atom stereocenters. The van der Waals surface area contributed by atoms with E-state index in [1.807, 2.05) is 18.2 Å². The SMILES string of the molecule is O=C(O)C1CSCCN1Cc1cccc2ccccc12. The van der Waals surface area contributed by atoms with Crippen molar-refractivity contribution in [3.63, 3.8) is 0 Å². The fourth-order valence-corrected chi connectivity index (χ4v) is 3.81. The van der Waals surface area contributed by atoms with Crippen LogP contribution in [0, 0.1) is 0 Å². The minimum Gasteiger partial charge on any atom is -0.480 e. The molecule has 2 aromatic carbocycles. The van der Waals surface area contributed by atoms with Crippen LogP contribution in [-0.4, -0.2) is 40.1 Å². The number of nitrogens with zero attached hydrogens (tertiary/aromatic N) is 1. The van der Waals surface area contributed by atoms with Gasteiger partial charge in [0, 0.05) is 24.6 Å². The molecule has 1 N–H and O–H groups in total. The fourth-order valence-electron chi connectivity index (χ4n) is 2.70. The minimum atomic E-state index is -0.711. The molecular weight excluding hydrogens is 270 g/mol. The number of fused-ring (bicyclic) bond motifs is 1. The molecule has 20 heavy (non-hydrogen) atoms. The van der Waals surface area contributed by atoms with Gasteiger partial charge in [-0.15, -0.1) is 0 Å². The lowest BCUT2D eigenvalue weighted by Gasteiger charge is -2.32. The van der Waals surface area contributed by atoms with Crippen LogP contribution in [0.15, 0.2) is 42.5 Å². The van der Waals surface area contributed by atoms with Crippen molar-refractivity contribution in [3.05, 3.63) is 48.0 Å². The first-order chi connectivity index (χ1) is 9.75. The molecular formula is C16H17NO2S. The zero-order chi connectivity index (χ0) is 13.9. The van der Waals surface area contributed by atoms with Crippen LogP contribution in [0.3, 0.4) is 0 Å². The summed E-state index contributed by atoms with van der Waals surface area (Å²) in [5.41, 5.74) is 1.21. The lowest BCUT2D eigenvalue weighted by Crippen LogP contribution is -2.46. The molecule has 1 aliphatic heterocycles. The van der Waals surface area contributed by atoms with Gasteiger partial charge in [-0.1, -0.05) is 42.5 Å². The Morgan fingerprint density at radius 2 is 2.05 bits per heavy atom. The maximum Gasteiger partial charge on any atom is 0.321 e. The summed E-state index contributed by atoms with van der Waals surface area (Å²) in [5, 5.41) is 11.8. The Bertz CT molecular complexity index is 623.